The summed E-state index contributed by atoms with van der Waals surface area (Å²) in [6.45, 7) is 0.348. The Bertz CT molecular complexity index is 539. The van der Waals surface area contributed by atoms with Gasteiger partial charge in [0.05, 0.1) is 10.8 Å². The Balaban J connectivity index is 1.97. The Labute approximate surface area is 118 Å². The highest BCUT2D eigenvalue weighted by molar-refractivity contribution is 8.01. The fourth-order valence-electron chi connectivity index (χ4n) is 1.29. The van der Waals surface area contributed by atoms with Gasteiger partial charge in [-0.1, -0.05) is 23.4 Å². The fraction of sp³-hybridized carbons (Fsp3) is 0.0833. The number of amides is 1. The van der Waals surface area contributed by atoms with Crippen LogP contribution in [0.4, 0.5) is 4.79 Å². The molecule has 3 nitrogen and oxygen atoms in total. The molecule has 1 amide bonds. The molecule has 0 fully saturated rings. The third-order valence-electron chi connectivity index (χ3n) is 2.08. The van der Waals surface area contributed by atoms with Crippen molar-refractivity contribution in [2.45, 2.75) is 15.6 Å². The Morgan fingerprint density at radius 2 is 2.00 bits per heavy atom. The van der Waals surface area contributed by atoms with Crippen LogP contribution in [0.25, 0.3) is 0 Å². The summed E-state index contributed by atoms with van der Waals surface area (Å²) in [5, 5.41) is 11.6. The van der Waals surface area contributed by atoms with Crippen LogP contribution < -0.4 is 5.32 Å². The molecule has 1 aromatic heterocycles. The predicted molar refractivity (Wildman–Crippen MR) is 74.8 cm³/mol. The largest absolute Gasteiger partial charge is 0.465 e. The third-order valence-corrected chi connectivity index (χ3v) is 4.56. The van der Waals surface area contributed by atoms with Gasteiger partial charge in [0.25, 0.3) is 0 Å². The minimum atomic E-state index is -1.00. The number of carboxylic acid groups (broad SMARTS) is 1. The summed E-state index contributed by atoms with van der Waals surface area (Å²) >= 11 is 9.03. The van der Waals surface area contributed by atoms with Gasteiger partial charge in [0, 0.05) is 14.8 Å². The lowest BCUT2D eigenvalue weighted by Crippen LogP contribution is -2.19. The first-order valence-electron chi connectivity index (χ1n) is 5.12. The second-order valence-electron chi connectivity index (χ2n) is 3.44. The van der Waals surface area contributed by atoms with Crippen molar-refractivity contribution in [3.63, 3.8) is 0 Å². The first-order valence-corrected chi connectivity index (χ1v) is 7.13. The van der Waals surface area contributed by atoms with E-state index >= 15 is 0 Å². The summed E-state index contributed by atoms with van der Waals surface area (Å²) in [6, 6.07) is 11.5. The lowest BCUT2D eigenvalue weighted by atomic mass is 10.4. The van der Waals surface area contributed by atoms with Crippen molar-refractivity contribution >= 4 is 40.8 Å². The second kappa shape index (κ2) is 6.13. The number of halogens is 1. The SMILES string of the molecule is O=C(O)NCc1ccc(Sc2ccc(Cl)cc2)s1. The van der Waals surface area contributed by atoms with Crippen LogP contribution in [0, 0.1) is 0 Å². The van der Waals surface area contributed by atoms with Crippen LogP contribution in [0.2, 0.25) is 5.02 Å². The molecule has 2 aromatic rings. The van der Waals surface area contributed by atoms with Gasteiger partial charge in [-0.2, -0.15) is 0 Å². The number of thiophene rings is 1. The smallest absolute Gasteiger partial charge is 0.404 e. The first kappa shape index (κ1) is 13.3. The highest BCUT2D eigenvalue weighted by Gasteiger charge is 2.03. The summed E-state index contributed by atoms with van der Waals surface area (Å²) in [5.74, 6) is 0. The zero-order valence-electron chi connectivity index (χ0n) is 9.22. The van der Waals surface area contributed by atoms with E-state index in [1.807, 2.05) is 36.4 Å². The van der Waals surface area contributed by atoms with Crippen molar-refractivity contribution in [1.29, 1.82) is 0 Å². The Hall–Kier alpha value is -1.17. The van der Waals surface area contributed by atoms with Crippen molar-refractivity contribution < 1.29 is 9.90 Å². The van der Waals surface area contributed by atoms with Gasteiger partial charge in [0.15, 0.2) is 0 Å². The number of hydrogen-bond acceptors (Lipinski definition) is 3. The van der Waals surface area contributed by atoms with E-state index in [1.165, 1.54) is 0 Å². The van der Waals surface area contributed by atoms with Crippen molar-refractivity contribution in [2.75, 3.05) is 0 Å². The molecule has 0 aliphatic rings. The molecule has 0 unspecified atom stereocenters. The van der Waals surface area contributed by atoms with Gasteiger partial charge < -0.3 is 10.4 Å². The third kappa shape index (κ3) is 3.94. The molecule has 1 heterocycles. The Morgan fingerprint density at radius 3 is 2.67 bits per heavy atom. The van der Waals surface area contributed by atoms with Crippen LogP contribution in [-0.2, 0) is 6.54 Å². The molecule has 0 aliphatic heterocycles. The lowest BCUT2D eigenvalue weighted by Gasteiger charge is -1.98. The molecule has 18 heavy (non-hydrogen) atoms. The van der Waals surface area contributed by atoms with Crippen LogP contribution >= 0.6 is 34.7 Å². The van der Waals surface area contributed by atoms with Crippen LogP contribution in [-0.4, -0.2) is 11.2 Å². The van der Waals surface area contributed by atoms with E-state index in [1.54, 1.807) is 23.1 Å². The Morgan fingerprint density at radius 1 is 1.28 bits per heavy atom. The molecule has 0 radical (unpaired) electrons. The van der Waals surface area contributed by atoms with Crippen molar-refractivity contribution in [3.8, 4) is 0 Å². The maximum absolute atomic E-state index is 10.4. The predicted octanol–water partition coefficient (Wildman–Crippen LogP) is 4.32. The van der Waals surface area contributed by atoms with Gasteiger partial charge in [-0.3, -0.25) is 0 Å². The molecule has 94 valence electrons. The van der Waals surface area contributed by atoms with Crippen LogP contribution in [0.1, 0.15) is 4.88 Å². The van der Waals surface area contributed by atoms with Crippen LogP contribution in [0.3, 0.4) is 0 Å². The van der Waals surface area contributed by atoms with E-state index in [0.29, 0.717) is 6.54 Å². The standard InChI is InChI=1S/C12H10ClNO2S2/c13-8-1-3-9(4-2-8)17-11-6-5-10(18-11)7-14-12(15)16/h1-6,14H,7H2,(H,15,16). The maximum atomic E-state index is 10.4. The number of nitrogens with one attached hydrogen (secondary N) is 1. The minimum Gasteiger partial charge on any atom is -0.465 e. The monoisotopic (exact) mass is 299 g/mol. The lowest BCUT2D eigenvalue weighted by molar-refractivity contribution is 0.194. The van der Waals surface area contributed by atoms with Crippen molar-refractivity contribution in [1.82, 2.24) is 5.32 Å². The highest BCUT2D eigenvalue weighted by atomic mass is 35.5. The number of benzene rings is 1. The molecule has 0 atom stereocenters. The molecule has 6 heteroatoms. The average molecular weight is 300 g/mol. The maximum Gasteiger partial charge on any atom is 0.404 e. The molecular weight excluding hydrogens is 290 g/mol. The normalized spacial score (nSPS) is 10.3. The van der Waals surface area contributed by atoms with Gasteiger partial charge in [0.2, 0.25) is 0 Å². The molecule has 2 N–H and O–H groups in total. The van der Waals surface area contributed by atoms with Gasteiger partial charge in [0.1, 0.15) is 0 Å². The van der Waals surface area contributed by atoms with E-state index in [9.17, 15) is 4.79 Å². The van der Waals surface area contributed by atoms with Crippen LogP contribution in [0.5, 0.6) is 0 Å². The molecule has 0 saturated carbocycles. The van der Waals surface area contributed by atoms with E-state index in [2.05, 4.69) is 5.32 Å². The summed E-state index contributed by atoms with van der Waals surface area (Å²) in [6.07, 6.45) is -1.00. The van der Waals surface area contributed by atoms with Crippen molar-refractivity contribution in [3.05, 3.63) is 46.3 Å². The van der Waals surface area contributed by atoms with Crippen LogP contribution in [0.15, 0.2) is 45.5 Å². The summed E-state index contributed by atoms with van der Waals surface area (Å²) < 4.78 is 1.12. The first-order chi connectivity index (χ1) is 8.63. The van der Waals surface area contributed by atoms with E-state index in [-0.39, 0.29) is 0 Å². The van der Waals surface area contributed by atoms with E-state index in [0.717, 1.165) is 19.0 Å². The molecule has 1 aromatic carbocycles. The zero-order valence-corrected chi connectivity index (χ0v) is 11.6. The molecule has 2 rings (SSSR count). The number of carbonyl (C=O) groups is 1. The van der Waals surface area contributed by atoms with Gasteiger partial charge >= 0.3 is 6.09 Å². The van der Waals surface area contributed by atoms with E-state index in [4.69, 9.17) is 16.7 Å². The summed E-state index contributed by atoms with van der Waals surface area (Å²) in [5.41, 5.74) is 0. The average Bonchev–Trinajstić information content (AvgIpc) is 2.77. The highest BCUT2D eigenvalue weighted by Crippen LogP contribution is 2.33. The number of rotatable bonds is 4. The summed E-state index contributed by atoms with van der Waals surface area (Å²) in [7, 11) is 0. The molecule has 0 bridgehead atoms. The van der Waals surface area contributed by atoms with Crippen molar-refractivity contribution in [2.24, 2.45) is 0 Å². The summed E-state index contributed by atoms with van der Waals surface area (Å²) in [4.78, 5) is 12.5. The molecule has 0 spiro atoms. The Kier molecular flexibility index (Phi) is 4.52. The second-order valence-corrected chi connectivity index (χ2v) is 6.41. The minimum absolute atomic E-state index is 0.348. The molecule has 0 aliphatic carbocycles. The number of hydrogen-bond donors (Lipinski definition) is 2. The molecule has 0 saturated heterocycles. The zero-order chi connectivity index (χ0) is 13.0. The van der Waals surface area contributed by atoms with Gasteiger partial charge in [-0.05, 0) is 36.4 Å². The molecular formula is C12H10ClNO2S2. The van der Waals surface area contributed by atoms with Gasteiger partial charge in [-0.15, -0.1) is 11.3 Å². The fourth-order valence-corrected chi connectivity index (χ4v) is 3.51. The topological polar surface area (TPSA) is 49.3 Å². The van der Waals surface area contributed by atoms with E-state index < -0.39 is 6.09 Å². The van der Waals surface area contributed by atoms with Gasteiger partial charge in [-0.25, -0.2) is 4.79 Å². The quantitative estimate of drug-likeness (QED) is 0.884.